The molecule has 33 heavy (non-hydrogen) atoms. The predicted octanol–water partition coefficient (Wildman–Crippen LogP) is 2.68. The van der Waals surface area contributed by atoms with Crippen molar-refractivity contribution in [3.8, 4) is 11.1 Å². The van der Waals surface area contributed by atoms with E-state index >= 15 is 0 Å². The molecule has 2 aromatic carbocycles. The van der Waals surface area contributed by atoms with Crippen LogP contribution in [-0.2, 0) is 32.6 Å². The molecule has 0 amide bonds. The summed E-state index contributed by atoms with van der Waals surface area (Å²) in [7, 11) is 0. The maximum Gasteiger partial charge on any atom is 2.00 e. The Bertz CT molecular complexity index is 701. The molecule has 0 unspecified atom stereocenters. The van der Waals surface area contributed by atoms with E-state index in [9.17, 15) is 0 Å². The van der Waals surface area contributed by atoms with E-state index in [-0.39, 0.29) is 51.0 Å². The molecule has 0 aromatic heterocycles. The van der Waals surface area contributed by atoms with Crippen LogP contribution in [-0.4, -0.2) is 0 Å². The number of hydrogen-bond donors (Lipinski definition) is 0. The molecule has 0 bridgehead atoms. The molecule has 0 heterocycles. The maximum absolute atomic E-state index is 3.30. The SMILES string of the molecule is [C-]1=CC=CC1.[CH-]1CCCCC1.[CH-]1CCCCC1.[Cl-].[Cl-].[Zr+2].[c-]1cccc2c1Cc1ccccc1-2. The van der Waals surface area contributed by atoms with Gasteiger partial charge in [0, 0.05) is 0 Å². The molecule has 0 N–H and O–H groups in total. The molecule has 2 fully saturated rings. The van der Waals surface area contributed by atoms with Gasteiger partial charge < -0.3 is 37.7 Å². The zero-order chi connectivity index (χ0) is 20.7. The number of halogens is 2. The van der Waals surface area contributed by atoms with Crippen molar-refractivity contribution in [3.63, 3.8) is 0 Å². The molecule has 2 saturated carbocycles. The summed E-state index contributed by atoms with van der Waals surface area (Å²) in [6.07, 6.45) is 30.0. The topological polar surface area (TPSA) is 0 Å². The van der Waals surface area contributed by atoms with Gasteiger partial charge in [-0.15, -0.1) is 12.0 Å². The van der Waals surface area contributed by atoms with Crippen LogP contribution in [0.2, 0.25) is 0 Å². The Hall–Kier alpha value is -0.617. The molecule has 0 saturated heterocycles. The molecule has 0 atom stereocenters. The first-order chi connectivity index (χ1) is 14.9. The van der Waals surface area contributed by atoms with Gasteiger partial charge in [0.1, 0.15) is 0 Å². The Kier molecular flexibility index (Phi) is 20.3. The van der Waals surface area contributed by atoms with Crippen LogP contribution >= 0.6 is 0 Å². The zero-order valence-corrected chi connectivity index (χ0v) is 23.6. The van der Waals surface area contributed by atoms with Gasteiger partial charge in [-0.3, -0.25) is 6.08 Å². The molecule has 2 aromatic rings. The van der Waals surface area contributed by atoms with Crippen LogP contribution in [0.4, 0.5) is 0 Å². The van der Waals surface area contributed by atoms with Crippen molar-refractivity contribution in [1.29, 1.82) is 0 Å². The van der Waals surface area contributed by atoms with Crippen molar-refractivity contribution < 1.29 is 51.0 Å². The molecule has 4 aliphatic carbocycles. The van der Waals surface area contributed by atoms with Crippen LogP contribution in [0.5, 0.6) is 0 Å². The van der Waals surface area contributed by atoms with E-state index in [0.717, 1.165) is 12.8 Å². The van der Waals surface area contributed by atoms with Gasteiger partial charge in [-0.05, 0) is 6.42 Å². The van der Waals surface area contributed by atoms with Crippen molar-refractivity contribution in [2.24, 2.45) is 0 Å². The van der Waals surface area contributed by atoms with Gasteiger partial charge in [0.25, 0.3) is 0 Å². The second-order valence-corrected chi connectivity index (χ2v) is 8.25. The van der Waals surface area contributed by atoms with Crippen LogP contribution in [0.1, 0.15) is 81.8 Å². The smallest absolute Gasteiger partial charge is 1.00 e. The Labute approximate surface area is 234 Å². The normalized spacial score (nSPS) is 16.2. The van der Waals surface area contributed by atoms with Gasteiger partial charge in [-0.1, -0.05) is 73.9 Å². The quantitative estimate of drug-likeness (QED) is 0.373. The fourth-order valence-corrected chi connectivity index (χ4v) is 4.13. The van der Waals surface area contributed by atoms with Gasteiger partial charge in [0.2, 0.25) is 0 Å². The summed E-state index contributed by atoms with van der Waals surface area (Å²) in [6.45, 7) is 0. The minimum absolute atomic E-state index is 0. The summed E-state index contributed by atoms with van der Waals surface area (Å²) < 4.78 is 0. The molecule has 0 radical (unpaired) electrons. The van der Waals surface area contributed by atoms with E-state index in [1.807, 2.05) is 18.2 Å². The number of rotatable bonds is 0. The van der Waals surface area contributed by atoms with E-state index in [0.29, 0.717) is 0 Å². The van der Waals surface area contributed by atoms with Crippen molar-refractivity contribution in [2.75, 3.05) is 0 Å². The Morgan fingerprint density at radius 2 is 1.30 bits per heavy atom. The third-order valence-corrected chi connectivity index (χ3v) is 5.84. The molecule has 6 rings (SSSR count). The van der Waals surface area contributed by atoms with Gasteiger partial charge in [0.05, 0.1) is 0 Å². The molecular formula is C30H36Cl2Zr-4. The Morgan fingerprint density at radius 3 is 1.76 bits per heavy atom. The average Bonchev–Trinajstić information content (AvgIpc) is 3.54. The molecule has 178 valence electrons. The van der Waals surface area contributed by atoms with Crippen LogP contribution in [0.25, 0.3) is 11.1 Å². The van der Waals surface area contributed by atoms with Crippen LogP contribution < -0.4 is 24.8 Å². The first-order valence-electron chi connectivity index (χ1n) is 11.9. The van der Waals surface area contributed by atoms with Gasteiger partial charge in [0.15, 0.2) is 0 Å². The zero-order valence-electron chi connectivity index (χ0n) is 19.7. The minimum Gasteiger partial charge on any atom is -1.00 e. The van der Waals surface area contributed by atoms with Gasteiger partial charge >= 0.3 is 26.2 Å². The summed E-state index contributed by atoms with van der Waals surface area (Å²) in [5, 5.41) is 0. The predicted molar refractivity (Wildman–Crippen MR) is 130 cm³/mol. The average molecular weight is 559 g/mol. The summed E-state index contributed by atoms with van der Waals surface area (Å²) in [6, 6.07) is 18.1. The van der Waals surface area contributed by atoms with Crippen molar-refractivity contribution in [1.82, 2.24) is 0 Å². The third kappa shape index (κ3) is 12.6. The van der Waals surface area contributed by atoms with Crippen molar-refractivity contribution >= 4 is 0 Å². The molecule has 0 spiro atoms. The number of hydrogen-bond acceptors (Lipinski definition) is 0. The van der Waals surface area contributed by atoms with E-state index in [1.165, 1.54) is 86.5 Å². The number of allylic oxidation sites excluding steroid dienone is 4. The molecule has 4 aliphatic rings. The van der Waals surface area contributed by atoms with Crippen LogP contribution in [0.3, 0.4) is 0 Å². The van der Waals surface area contributed by atoms with Crippen LogP contribution in [0, 0.1) is 25.0 Å². The van der Waals surface area contributed by atoms with E-state index in [4.69, 9.17) is 0 Å². The van der Waals surface area contributed by atoms with Crippen molar-refractivity contribution in [3.05, 3.63) is 96.8 Å². The third-order valence-electron chi connectivity index (χ3n) is 5.84. The summed E-state index contributed by atoms with van der Waals surface area (Å²) in [5.74, 6) is 0. The largest absolute Gasteiger partial charge is 2.00 e. The van der Waals surface area contributed by atoms with E-state index < -0.39 is 0 Å². The summed E-state index contributed by atoms with van der Waals surface area (Å²) >= 11 is 0. The first kappa shape index (κ1) is 32.4. The maximum atomic E-state index is 3.30. The molecular weight excluding hydrogens is 522 g/mol. The molecule has 0 aliphatic heterocycles. The van der Waals surface area contributed by atoms with E-state index in [1.54, 1.807) is 0 Å². The van der Waals surface area contributed by atoms with Crippen LogP contribution in [0.15, 0.2) is 60.7 Å². The number of fused-ring (bicyclic) bond motifs is 3. The first-order valence-corrected chi connectivity index (χ1v) is 11.9. The van der Waals surface area contributed by atoms with Gasteiger partial charge in [-0.2, -0.15) is 61.6 Å². The van der Waals surface area contributed by atoms with Crippen molar-refractivity contribution in [2.45, 2.75) is 77.0 Å². The summed E-state index contributed by atoms with van der Waals surface area (Å²) in [5.41, 5.74) is 5.51. The summed E-state index contributed by atoms with van der Waals surface area (Å²) in [4.78, 5) is 0. The number of benzene rings is 2. The fourth-order valence-electron chi connectivity index (χ4n) is 4.13. The Balaban J connectivity index is 0.000000439. The Morgan fingerprint density at radius 1 is 0.697 bits per heavy atom. The fraction of sp³-hybridized carbons (Fsp3) is 0.400. The second kappa shape index (κ2) is 20.7. The monoisotopic (exact) mass is 556 g/mol. The standard InChI is InChI=1S/C13H9.2C6H11.C5H5.2ClH.Zr/c1-3-7-12-10(5-1)9-11-6-2-4-8-13(11)12;2*1-2-4-6-5-3-1;1-2-4-5-3-1;;;/h1-5,7-8H,9H2;2*1H,2-6H2;1-3H,4H2;2*1H;/q4*-1;;;+2/p-2. The molecule has 3 heteroatoms. The molecule has 0 nitrogen and oxygen atoms in total. The van der Waals surface area contributed by atoms with E-state index in [2.05, 4.69) is 67.5 Å². The van der Waals surface area contributed by atoms with Gasteiger partial charge in [-0.25, -0.2) is 12.2 Å². The second-order valence-electron chi connectivity index (χ2n) is 8.25. The minimum atomic E-state index is 0.